The first kappa shape index (κ1) is 15.5. The number of rotatable bonds is 5. The number of carboxylic acids is 1. The molecule has 2 rings (SSSR count). The maximum absolute atomic E-state index is 10.9. The van der Waals surface area contributed by atoms with E-state index in [0.717, 1.165) is 17.7 Å². The molecule has 0 spiro atoms. The van der Waals surface area contributed by atoms with Crippen molar-refractivity contribution in [2.24, 2.45) is 5.92 Å². The van der Waals surface area contributed by atoms with Gasteiger partial charge >= 0.3 is 5.97 Å². The summed E-state index contributed by atoms with van der Waals surface area (Å²) in [4.78, 5) is 10.9. The highest BCUT2D eigenvalue weighted by Gasteiger charge is 2.17. The Balaban J connectivity index is 1.99. The van der Waals surface area contributed by atoms with Crippen LogP contribution in [-0.2, 0) is 11.2 Å². The molecule has 5 heteroatoms. The number of carboxylic acid groups (broad SMARTS) is 1. The normalized spacial score (nSPS) is 20.4. The van der Waals surface area contributed by atoms with Crippen molar-refractivity contribution in [3.63, 3.8) is 0 Å². The molecule has 1 saturated heterocycles. The Morgan fingerprint density at radius 2 is 2.40 bits per heavy atom. The summed E-state index contributed by atoms with van der Waals surface area (Å²) >= 11 is 8.14. The third-order valence-corrected chi connectivity index (χ3v) is 4.85. The molecule has 0 radical (unpaired) electrons. The van der Waals surface area contributed by atoms with Gasteiger partial charge in [0.05, 0.1) is 10.9 Å². The molecule has 1 aromatic carbocycles. The molecule has 0 aromatic heterocycles. The standard InChI is InChI=1S/C15H19ClO3S/c1-10(15(17)18)7-11-4-5-14(13(16)8-11)19-12-3-2-6-20-9-12/h4-5,8,10,12H,2-3,6-7,9H2,1H3,(H,17,18). The number of ether oxygens (including phenoxy) is 1. The number of carbonyl (C=O) groups is 1. The predicted octanol–water partition coefficient (Wildman–Crippen LogP) is 3.88. The Hall–Kier alpha value is -0.870. The summed E-state index contributed by atoms with van der Waals surface area (Å²) in [6, 6.07) is 5.56. The number of aliphatic carboxylic acids is 1. The van der Waals surface area contributed by atoms with Gasteiger partial charge in [0, 0.05) is 5.75 Å². The first-order valence-electron chi connectivity index (χ1n) is 6.82. The third kappa shape index (κ3) is 4.32. The SMILES string of the molecule is CC(Cc1ccc(OC2CCCSC2)c(Cl)c1)C(=O)O. The zero-order valence-corrected chi connectivity index (χ0v) is 13.0. The number of benzene rings is 1. The summed E-state index contributed by atoms with van der Waals surface area (Å²) in [6.45, 7) is 1.69. The molecule has 1 aliphatic rings. The molecule has 0 aliphatic carbocycles. The molecule has 2 unspecified atom stereocenters. The lowest BCUT2D eigenvalue weighted by Gasteiger charge is -2.23. The quantitative estimate of drug-likeness (QED) is 0.896. The molecule has 0 bridgehead atoms. The van der Waals surface area contributed by atoms with Crippen LogP contribution in [0.3, 0.4) is 0 Å². The van der Waals surface area contributed by atoms with Crippen molar-refractivity contribution in [1.82, 2.24) is 0 Å². The van der Waals surface area contributed by atoms with E-state index in [1.165, 1.54) is 12.2 Å². The fraction of sp³-hybridized carbons (Fsp3) is 0.533. The lowest BCUT2D eigenvalue weighted by atomic mass is 10.0. The van der Waals surface area contributed by atoms with Crippen LogP contribution in [0.5, 0.6) is 5.75 Å². The number of hydrogen-bond donors (Lipinski definition) is 1. The van der Waals surface area contributed by atoms with Crippen LogP contribution < -0.4 is 4.74 Å². The molecular formula is C15H19ClO3S. The minimum Gasteiger partial charge on any atom is -0.488 e. The van der Waals surface area contributed by atoms with Gasteiger partial charge in [0.25, 0.3) is 0 Å². The Morgan fingerprint density at radius 3 is 3.00 bits per heavy atom. The lowest BCUT2D eigenvalue weighted by Crippen LogP contribution is -2.23. The second-order valence-corrected chi connectivity index (χ2v) is 6.72. The van der Waals surface area contributed by atoms with E-state index in [-0.39, 0.29) is 6.10 Å². The van der Waals surface area contributed by atoms with E-state index in [1.807, 2.05) is 30.0 Å². The van der Waals surface area contributed by atoms with Gasteiger partial charge in [0.1, 0.15) is 11.9 Å². The maximum Gasteiger partial charge on any atom is 0.306 e. The topological polar surface area (TPSA) is 46.5 Å². The summed E-state index contributed by atoms with van der Waals surface area (Å²) in [5, 5.41) is 9.49. The van der Waals surface area contributed by atoms with Gasteiger partial charge in [-0.05, 0) is 42.7 Å². The van der Waals surface area contributed by atoms with Crippen LogP contribution in [0, 0.1) is 5.92 Å². The Bertz CT molecular complexity index is 472. The maximum atomic E-state index is 10.9. The average molecular weight is 315 g/mol. The lowest BCUT2D eigenvalue weighted by molar-refractivity contribution is -0.141. The molecule has 110 valence electrons. The van der Waals surface area contributed by atoms with Crippen LogP contribution in [0.25, 0.3) is 0 Å². The molecule has 20 heavy (non-hydrogen) atoms. The molecule has 1 aliphatic heterocycles. The van der Waals surface area contributed by atoms with Crippen molar-refractivity contribution in [3.8, 4) is 5.75 Å². The smallest absolute Gasteiger partial charge is 0.306 e. The van der Waals surface area contributed by atoms with E-state index in [2.05, 4.69) is 0 Å². The molecule has 2 atom stereocenters. The first-order valence-corrected chi connectivity index (χ1v) is 8.35. The second-order valence-electron chi connectivity index (χ2n) is 5.17. The predicted molar refractivity (Wildman–Crippen MR) is 82.9 cm³/mol. The van der Waals surface area contributed by atoms with Crippen LogP contribution in [0.4, 0.5) is 0 Å². The molecule has 0 saturated carbocycles. The van der Waals surface area contributed by atoms with E-state index >= 15 is 0 Å². The van der Waals surface area contributed by atoms with Crippen LogP contribution >= 0.6 is 23.4 Å². The minimum atomic E-state index is -0.791. The van der Waals surface area contributed by atoms with Crippen molar-refractivity contribution in [1.29, 1.82) is 0 Å². The van der Waals surface area contributed by atoms with Crippen LogP contribution in [-0.4, -0.2) is 28.7 Å². The Labute approximate surface area is 128 Å². The van der Waals surface area contributed by atoms with Crippen molar-refractivity contribution in [2.45, 2.75) is 32.3 Å². The van der Waals surface area contributed by atoms with Crippen molar-refractivity contribution < 1.29 is 14.6 Å². The molecule has 1 N–H and O–H groups in total. The van der Waals surface area contributed by atoms with Crippen molar-refractivity contribution >= 4 is 29.3 Å². The molecule has 1 aromatic rings. The molecule has 1 heterocycles. The monoisotopic (exact) mass is 314 g/mol. The molecule has 1 fully saturated rings. The van der Waals surface area contributed by atoms with Crippen molar-refractivity contribution in [2.75, 3.05) is 11.5 Å². The minimum absolute atomic E-state index is 0.232. The van der Waals surface area contributed by atoms with E-state index < -0.39 is 11.9 Å². The van der Waals surface area contributed by atoms with Gasteiger partial charge in [-0.25, -0.2) is 0 Å². The highest BCUT2D eigenvalue weighted by atomic mass is 35.5. The Morgan fingerprint density at radius 1 is 1.60 bits per heavy atom. The summed E-state index contributed by atoms with van der Waals surface area (Å²) in [6.07, 6.45) is 2.96. The van der Waals surface area contributed by atoms with E-state index in [9.17, 15) is 4.79 Å². The van der Waals surface area contributed by atoms with Gasteiger partial charge in [-0.3, -0.25) is 4.79 Å². The fourth-order valence-electron chi connectivity index (χ4n) is 2.19. The van der Waals surface area contributed by atoms with Gasteiger partial charge in [0.2, 0.25) is 0 Å². The van der Waals surface area contributed by atoms with E-state index in [4.69, 9.17) is 21.4 Å². The van der Waals surface area contributed by atoms with Gasteiger partial charge in [-0.2, -0.15) is 11.8 Å². The largest absolute Gasteiger partial charge is 0.488 e. The summed E-state index contributed by atoms with van der Waals surface area (Å²) in [5.74, 6) is 1.72. The molecule has 0 amide bonds. The average Bonchev–Trinajstić information content (AvgIpc) is 2.43. The van der Waals surface area contributed by atoms with Crippen LogP contribution in [0.15, 0.2) is 18.2 Å². The number of thioether (sulfide) groups is 1. The molecule has 3 nitrogen and oxygen atoms in total. The van der Waals surface area contributed by atoms with Gasteiger partial charge in [0.15, 0.2) is 0 Å². The van der Waals surface area contributed by atoms with E-state index in [1.54, 1.807) is 6.92 Å². The third-order valence-electron chi connectivity index (χ3n) is 3.37. The Kier molecular flexibility index (Phi) is 5.61. The highest BCUT2D eigenvalue weighted by molar-refractivity contribution is 7.99. The summed E-state index contributed by atoms with van der Waals surface area (Å²) in [5.41, 5.74) is 0.926. The van der Waals surface area contributed by atoms with Crippen LogP contribution in [0.1, 0.15) is 25.3 Å². The summed E-state index contributed by atoms with van der Waals surface area (Å²) in [7, 11) is 0. The highest BCUT2D eigenvalue weighted by Crippen LogP contribution is 2.30. The van der Waals surface area contributed by atoms with Crippen LogP contribution in [0.2, 0.25) is 5.02 Å². The van der Waals surface area contributed by atoms with Gasteiger partial charge < -0.3 is 9.84 Å². The van der Waals surface area contributed by atoms with E-state index in [0.29, 0.717) is 17.2 Å². The second kappa shape index (κ2) is 7.23. The van der Waals surface area contributed by atoms with Gasteiger partial charge in [-0.1, -0.05) is 24.6 Å². The number of halogens is 1. The van der Waals surface area contributed by atoms with Crippen molar-refractivity contribution in [3.05, 3.63) is 28.8 Å². The summed E-state index contributed by atoms with van der Waals surface area (Å²) < 4.78 is 5.92. The number of hydrogen-bond acceptors (Lipinski definition) is 3. The molecular weight excluding hydrogens is 296 g/mol. The fourth-order valence-corrected chi connectivity index (χ4v) is 3.47. The zero-order valence-electron chi connectivity index (χ0n) is 11.5. The van der Waals surface area contributed by atoms with Gasteiger partial charge in [-0.15, -0.1) is 0 Å². The first-order chi connectivity index (χ1) is 9.56. The zero-order chi connectivity index (χ0) is 14.5.